The number of rotatable bonds is 0. The van der Waals surface area contributed by atoms with E-state index >= 15 is 0 Å². The predicted molar refractivity (Wildman–Crippen MR) is 48.8 cm³/mol. The van der Waals surface area contributed by atoms with E-state index in [-0.39, 0.29) is 5.91 Å². The van der Waals surface area contributed by atoms with Gasteiger partial charge in [0, 0.05) is 6.92 Å². The van der Waals surface area contributed by atoms with Crippen LogP contribution in [0, 0.1) is 0 Å². The highest BCUT2D eigenvalue weighted by Crippen LogP contribution is 2.14. The molecule has 0 aliphatic heterocycles. The van der Waals surface area contributed by atoms with Gasteiger partial charge in [0.15, 0.2) is 0 Å². The van der Waals surface area contributed by atoms with E-state index in [2.05, 4.69) is 10.1 Å². The average Bonchev–Trinajstić information content (AvgIpc) is 2.46. The maximum atomic E-state index is 11.0. The molecule has 2 rings (SSSR count). The molecule has 0 radical (unpaired) electrons. The SMILES string of the molecule is CC(=O)n1ncc2nc(Cl)ccc21. The lowest BCUT2D eigenvalue weighted by molar-refractivity contribution is 0.0927. The summed E-state index contributed by atoms with van der Waals surface area (Å²) in [6, 6.07) is 3.35. The van der Waals surface area contributed by atoms with E-state index < -0.39 is 0 Å². The Morgan fingerprint density at radius 2 is 2.31 bits per heavy atom. The minimum Gasteiger partial charge on any atom is -0.273 e. The highest BCUT2D eigenvalue weighted by atomic mass is 35.5. The first-order valence-electron chi connectivity index (χ1n) is 3.70. The number of halogens is 1. The Hall–Kier alpha value is -1.42. The highest BCUT2D eigenvalue weighted by molar-refractivity contribution is 6.29. The average molecular weight is 196 g/mol. The lowest BCUT2D eigenvalue weighted by atomic mass is 10.4. The lowest BCUT2D eigenvalue weighted by Gasteiger charge is -1.95. The number of carbonyl (C=O) groups is 1. The Labute approximate surface area is 79.1 Å². The number of hydrogen-bond acceptors (Lipinski definition) is 3. The summed E-state index contributed by atoms with van der Waals surface area (Å²) in [5.41, 5.74) is 1.31. The van der Waals surface area contributed by atoms with Crippen LogP contribution in [0.15, 0.2) is 18.3 Å². The van der Waals surface area contributed by atoms with E-state index in [1.807, 2.05) is 0 Å². The number of fused-ring (bicyclic) bond motifs is 1. The van der Waals surface area contributed by atoms with E-state index in [0.29, 0.717) is 16.2 Å². The molecule has 0 aromatic carbocycles. The molecule has 0 aliphatic rings. The van der Waals surface area contributed by atoms with Crippen molar-refractivity contribution < 1.29 is 4.79 Å². The van der Waals surface area contributed by atoms with Gasteiger partial charge in [0.25, 0.3) is 0 Å². The lowest BCUT2D eigenvalue weighted by Crippen LogP contribution is -2.06. The van der Waals surface area contributed by atoms with Gasteiger partial charge >= 0.3 is 0 Å². The second kappa shape index (κ2) is 2.81. The summed E-state index contributed by atoms with van der Waals surface area (Å²) < 4.78 is 1.29. The first-order chi connectivity index (χ1) is 6.18. The van der Waals surface area contributed by atoms with E-state index in [4.69, 9.17) is 11.6 Å². The van der Waals surface area contributed by atoms with Crippen LogP contribution < -0.4 is 0 Å². The molecule has 2 aromatic heterocycles. The fourth-order valence-corrected chi connectivity index (χ4v) is 1.30. The second-order valence-electron chi connectivity index (χ2n) is 2.61. The van der Waals surface area contributed by atoms with Gasteiger partial charge in [0.2, 0.25) is 5.91 Å². The van der Waals surface area contributed by atoms with Gasteiger partial charge in [-0.15, -0.1) is 0 Å². The number of carbonyl (C=O) groups excluding carboxylic acids is 1. The van der Waals surface area contributed by atoms with Gasteiger partial charge in [-0.3, -0.25) is 4.79 Å². The van der Waals surface area contributed by atoms with Crippen LogP contribution in [0.4, 0.5) is 0 Å². The molecule has 0 saturated carbocycles. The van der Waals surface area contributed by atoms with Crippen LogP contribution in [-0.4, -0.2) is 20.7 Å². The Kier molecular flexibility index (Phi) is 1.77. The molecule has 0 saturated heterocycles. The number of aromatic nitrogens is 3. The Bertz CT molecular complexity index is 477. The molecule has 0 bridgehead atoms. The van der Waals surface area contributed by atoms with Crippen molar-refractivity contribution >= 4 is 28.5 Å². The topological polar surface area (TPSA) is 47.8 Å². The van der Waals surface area contributed by atoms with Crippen LogP contribution >= 0.6 is 11.6 Å². The maximum Gasteiger partial charge on any atom is 0.244 e. The van der Waals surface area contributed by atoms with Crippen molar-refractivity contribution in [3.63, 3.8) is 0 Å². The molecule has 0 atom stereocenters. The molecule has 0 aliphatic carbocycles. The standard InChI is InChI=1S/C8H6ClN3O/c1-5(13)12-7-2-3-8(9)11-6(7)4-10-12/h2-4H,1H3. The molecular weight excluding hydrogens is 190 g/mol. The van der Waals surface area contributed by atoms with Crippen molar-refractivity contribution in [2.75, 3.05) is 0 Å². The normalized spacial score (nSPS) is 10.6. The van der Waals surface area contributed by atoms with Crippen LogP contribution in [0.5, 0.6) is 0 Å². The zero-order valence-corrected chi connectivity index (χ0v) is 7.62. The molecule has 0 fully saturated rings. The molecule has 2 aromatic rings. The van der Waals surface area contributed by atoms with Crippen LogP contribution in [-0.2, 0) is 0 Å². The van der Waals surface area contributed by atoms with Crippen molar-refractivity contribution in [1.82, 2.24) is 14.8 Å². The Morgan fingerprint density at radius 3 is 3.00 bits per heavy atom. The molecule has 4 nitrogen and oxygen atoms in total. The predicted octanol–water partition coefficient (Wildman–Crippen LogP) is 1.74. The summed E-state index contributed by atoms with van der Waals surface area (Å²) in [6.45, 7) is 1.45. The number of pyridine rings is 1. The van der Waals surface area contributed by atoms with Crippen molar-refractivity contribution in [2.45, 2.75) is 6.92 Å². The third kappa shape index (κ3) is 1.29. The smallest absolute Gasteiger partial charge is 0.244 e. The van der Waals surface area contributed by atoms with E-state index in [9.17, 15) is 4.79 Å². The van der Waals surface area contributed by atoms with Gasteiger partial charge < -0.3 is 0 Å². The van der Waals surface area contributed by atoms with Gasteiger partial charge in [-0.25, -0.2) is 4.98 Å². The zero-order valence-electron chi connectivity index (χ0n) is 6.86. The molecule has 0 spiro atoms. The third-order valence-corrected chi connectivity index (χ3v) is 1.90. The molecular formula is C8H6ClN3O. The molecule has 13 heavy (non-hydrogen) atoms. The summed E-state index contributed by atoms with van der Waals surface area (Å²) in [6.07, 6.45) is 1.52. The maximum absolute atomic E-state index is 11.0. The molecule has 0 N–H and O–H groups in total. The van der Waals surface area contributed by atoms with Gasteiger partial charge in [-0.2, -0.15) is 9.78 Å². The number of nitrogens with zero attached hydrogens (tertiary/aromatic N) is 3. The van der Waals surface area contributed by atoms with Crippen molar-refractivity contribution in [3.05, 3.63) is 23.5 Å². The number of hydrogen-bond donors (Lipinski definition) is 0. The van der Waals surface area contributed by atoms with Gasteiger partial charge in [0.1, 0.15) is 10.7 Å². The molecule has 0 unspecified atom stereocenters. The monoisotopic (exact) mass is 195 g/mol. The summed E-state index contributed by atoms with van der Waals surface area (Å²) in [4.78, 5) is 15.1. The first kappa shape index (κ1) is 8.19. The van der Waals surface area contributed by atoms with Gasteiger partial charge in [-0.05, 0) is 12.1 Å². The van der Waals surface area contributed by atoms with Crippen LogP contribution in [0.25, 0.3) is 11.0 Å². The van der Waals surface area contributed by atoms with E-state index in [1.165, 1.54) is 17.8 Å². The largest absolute Gasteiger partial charge is 0.273 e. The van der Waals surface area contributed by atoms with E-state index in [0.717, 1.165) is 0 Å². The van der Waals surface area contributed by atoms with Crippen molar-refractivity contribution in [1.29, 1.82) is 0 Å². The Morgan fingerprint density at radius 1 is 1.54 bits per heavy atom. The third-order valence-electron chi connectivity index (χ3n) is 1.69. The van der Waals surface area contributed by atoms with Gasteiger partial charge in [-0.1, -0.05) is 11.6 Å². The van der Waals surface area contributed by atoms with Crippen LogP contribution in [0.3, 0.4) is 0 Å². The quantitative estimate of drug-likeness (QED) is 0.602. The molecule has 2 heterocycles. The minimum atomic E-state index is -0.140. The van der Waals surface area contributed by atoms with Crippen LogP contribution in [0.2, 0.25) is 5.15 Å². The fraction of sp³-hybridized carbons (Fsp3) is 0.125. The van der Waals surface area contributed by atoms with Crippen molar-refractivity contribution in [2.24, 2.45) is 0 Å². The minimum absolute atomic E-state index is 0.140. The summed E-state index contributed by atoms with van der Waals surface area (Å²) >= 11 is 5.67. The fourth-order valence-electron chi connectivity index (χ4n) is 1.14. The van der Waals surface area contributed by atoms with Crippen LogP contribution in [0.1, 0.15) is 11.7 Å². The summed E-state index contributed by atoms with van der Waals surface area (Å²) in [5.74, 6) is -0.140. The second-order valence-corrected chi connectivity index (χ2v) is 3.00. The summed E-state index contributed by atoms with van der Waals surface area (Å²) in [7, 11) is 0. The molecule has 0 amide bonds. The zero-order chi connectivity index (χ0) is 9.42. The first-order valence-corrected chi connectivity index (χ1v) is 4.07. The Balaban J connectivity index is 2.76. The molecule has 5 heteroatoms. The highest BCUT2D eigenvalue weighted by Gasteiger charge is 2.06. The van der Waals surface area contributed by atoms with E-state index in [1.54, 1.807) is 12.1 Å². The van der Waals surface area contributed by atoms with Gasteiger partial charge in [0.05, 0.1) is 11.7 Å². The van der Waals surface area contributed by atoms with Crippen molar-refractivity contribution in [3.8, 4) is 0 Å². The summed E-state index contributed by atoms with van der Waals surface area (Å²) in [5, 5.41) is 4.28. The molecule has 66 valence electrons.